The minimum Gasteiger partial charge on any atom is -0.311 e. The van der Waals surface area contributed by atoms with Crippen molar-refractivity contribution in [2.45, 2.75) is 0 Å². The van der Waals surface area contributed by atoms with E-state index >= 15 is 0 Å². The fraction of sp³-hybridized carbons (Fsp3) is 0. The summed E-state index contributed by atoms with van der Waals surface area (Å²) in [5, 5.41) is 7.90. The van der Waals surface area contributed by atoms with Crippen molar-refractivity contribution in [2.24, 2.45) is 0 Å². The average Bonchev–Trinajstić information content (AvgIpc) is 1.60. The van der Waals surface area contributed by atoms with Gasteiger partial charge >= 0.3 is 0 Å². The summed E-state index contributed by atoms with van der Waals surface area (Å²) in [6.45, 7) is 0. The molecule has 132 heavy (non-hydrogen) atoms. The summed E-state index contributed by atoms with van der Waals surface area (Å²) < 4.78 is 7.99. The summed E-state index contributed by atoms with van der Waals surface area (Å²) in [7, 11) is 0. The molecule has 24 rings (SSSR count). The molecule has 0 atom stereocenters. The highest BCUT2D eigenvalue weighted by molar-refractivity contribution is 7.27. The Morgan fingerprint density at radius 3 is 0.485 bits per heavy atom. The predicted molar refractivity (Wildman–Crippen MR) is 571 cm³/mol. The Kier molecular flexibility index (Phi) is 22.9. The zero-order chi connectivity index (χ0) is 87.9. The van der Waals surface area contributed by atoms with Gasteiger partial charge in [-0.25, -0.2) is 0 Å². The number of nitrogens with zero attached hydrogens (tertiary/aromatic N) is 3. The second kappa shape index (κ2) is 37.2. The van der Waals surface area contributed by atoms with Crippen LogP contribution in [0.15, 0.2) is 528 Å². The van der Waals surface area contributed by atoms with Crippen molar-refractivity contribution in [2.75, 3.05) is 14.7 Å². The van der Waals surface area contributed by atoms with Crippen LogP contribution in [0.1, 0.15) is 0 Å². The summed E-state index contributed by atoms with van der Waals surface area (Å²) in [4.78, 5) is 6.97. The molecule has 0 unspecified atom stereocenters. The molecule has 6 heteroatoms. The minimum atomic E-state index is 1.11. The Bertz CT molecular complexity index is 7960. The van der Waals surface area contributed by atoms with Gasteiger partial charge in [0.25, 0.3) is 0 Å². The van der Waals surface area contributed by atoms with Crippen LogP contribution in [-0.4, -0.2) is 0 Å². The molecule has 624 valence electrons. The van der Waals surface area contributed by atoms with E-state index < -0.39 is 0 Å². The summed E-state index contributed by atoms with van der Waals surface area (Å²) in [5.74, 6) is 0. The van der Waals surface area contributed by atoms with Gasteiger partial charge < -0.3 is 14.7 Å². The number of thiophene rings is 3. The standard InChI is InChI=1S/C48H33NS.C42H29NS.C36H25NS/c1-4-12-34(13-5-1)36-20-26-41(27-21-36)49(42-28-22-37(23-29-42)35-14-6-2-7-15-35)43-30-24-38(25-31-43)40-32-45(39-16-8-3-9-17-39)48-46(33-40)44-18-10-11-19-47(44)50-48;1-4-12-30(13-5-1)31-20-24-36(25-21-31)43(35-16-8-3-9-17-35)37-26-22-32(23-27-37)34-28-39(33-14-6-2-7-15-33)42-40(29-34)38-18-10-11-19-41(38)44-42;1-4-12-27(13-5-1)33-24-28(25-34-32-18-10-11-19-35(32)38-36(33)34)26-20-22-31(23-21-26)37(29-14-6-2-7-15-29)30-16-8-3-9-17-30/h1-33H;1-29H;1-25H. The monoisotopic (exact) mass is 1740 g/mol. The third kappa shape index (κ3) is 16.8. The Morgan fingerprint density at radius 2 is 0.273 bits per heavy atom. The SMILES string of the molecule is c1ccc(-c2cc(-c3ccc(N(c4ccccc4)c4ccccc4)cc3)cc3c2sc2ccccc23)cc1.c1ccc(-c2ccc(N(c3ccc(-c4ccccc4)cc3)c3ccc(-c4cc(-c5ccccc5)c5sc6ccccc6c5c4)cc3)cc2)cc1.c1ccc(-c2ccc(N(c3ccccc3)c3ccc(-c4cc(-c5ccccc5)c5sc6ccccc6c5c4)cc3)cc2)cc1. The molecule has 0 fully saturated rings. The first-order valence-corrected chi connectivity index (χ1v) is 47.3. The Balaban J connectivity index is 0.000000117. The van der Waals surface area contributed by atoms with E-state index in [9.17, 15) is 0 Å². The van der Waals surface area contributed by atoms with E-state index in [2.05, 4.69) is 542 Å². The predicted octanol–water partition coefficient (Wildman–Crippen LogP) is 37.6. The van der Waals surface area contributed by atoms with Gasteiger partial charge in [-0.1, -0.05) is 364 Å². The second-order valence-corrected chi connectivity index (χ2v) is 36.1. The molecule has 0 aliphatic carbocycles. The van der Waals surface area contributed by atoms with Gasteiger partial charge in [0.1, 0.15) is 0 Å². The number of para-hydroxylation sites is 3. The summed E-state index contributed by atoms with van der Waals surface area (Å²) in [6, 6.07) is 190. The van der Waals surface area contributed by atoms with Gasteiger partial charge in [-0.2, -0.15) is 0 Å². The molecule has 3 aromatic heterocycles. The van der Waals surface area contributed by atoms with E-state index in [4.69, 9.17) is 0 Å². The van der Waals surface area contributed by atoms with Crippen LogP contribution in [0.2, 0.25) is 0 Å². The molecule has 0 aliphatic rings. The first-order valence-electron chi connectivity index (χ1n) is 44.8. The highest BCUT2D eigenvalue weighted by Gasteiger charge is 2.22. The summed E-state index contributed by atoms with van der Waals surface area (Å²) >= 11 is 5.64. The van der Waals surface area contributed by atoms with E-state index in [1.54, 1.807) is 0 Å². The Hall–Kier alpha value is -16.3. The van der Waals surface area contributed by atoms with Crippen molar-refractivity contribution < 1.29 is 0 Å². The first-order chi connectivity index (χ1) is 65.4. The molecule has 0 amide bonds. The average molecular weight is 1740 g/mol. The number of fused-ring (bicyclic) bond motifs is 9. The summed E-state index contributed by atoms with van der Waals surface area (Å²) in [6.07, 6.45) is 0. The van der Waals surface area contributed by atoms with Crippen LogP contribution < -0.4 is 14.7 Å². The molecule has 0 aliphatic heterocycles. The maximum Gasteiger partial charge on any atom is 0.0462 e. The summed E-state index contributed by atoms with van der Waals surface area (Å²) in [5.41, 5.74) is 32.3. The molecule has 3 nitrogen and oxygen atoms in total. The lowest BCUT2D eigenvalue weighted by atomic mass is 9.96. The van der Waals surface area contributed by atoms with Gasteiger partial charge in [0, 0.05) is 128 Å². The lowest BCUT2D eigenvalue weighted by molar-refractivity contribution is 1.28. The quantitative estimate of drug-likeness (QED) is 0.0848. The van der Waals surface area contributed by atoms with Crippen LogP contribution >= 0.6 is 34.0 Å². The van der Waals surface area contributed by atoms with E-state index in [0.29, 0.717) is 0 Å². The Morgan fingerprint density at radius 1 is 0.114 bits per heavy atom. The third-order valence-electron chi connectivity index (χ3n) is 24.8. The van der Waals surface area contributed by atoms with Crippen LogP contribution in [0.4, 0.5) is 51.2 Å². The molecule has 0 saturated heterocycles. The molecule has 0 spiro atoms. The smallest absolute Gasteiger partial charge is 0.0462 e. The third-order valence-corrected chi connectivity index (χ3v) is 28.5. The van der Waals surface area contributed by atoms with Gasteiger partial charge in [0.05, 0.1) is 0 Å². The van der Waals surface area contributed by atoms with Crippen LogP contribution in [0, 0.1) is 0 Å². The van der Waals surface area contributed by atoms with Gasteiger partial charge in [0.15, 0.2) is 0 Å². The molecular weight excluding hydrogens is 1650 g/mol. The van der Waals surface area contributed by atoms with Gasteiger partial charge in [-0.3, -0.25) is 0 Å². The van der Waals surface area contributed by atoms with Crippen LogP contribution in [0.5, 0.6) is 0 Å². The van der Waals surface area contributed by atoms with Gasteiger partial charge in [-0.15, -0.1) is 34.0 Å². The fourth-order valence-corrected chi connectivity index (χ4v) is 21.9. The van der Waals surface area contributed by atoms with Crippen molar-refractivity contribution in [3.63, 3.8) is 0 Å². The number of anilines is 9. The van der Waals surface area contributed by atoms with Crippen molar-refractivity contribution >= 4 is 146 Å². The van der Waals surface area contributed by atoms with Crippen LogP contribution in [-0.2, 0) is 0 Å². The van der Waals surface area contributed by atoms with Gasteiger partial charge in [0.2, 0.25) is 0 Å². The molecule has 21 aromatic carbocycles. The number of hydrogen-bond donors (Lipinski definition) is 0. The maximum absolute atomic E-state index is 2.37. The lowest BCUT2D eigenvalue weighted by Crippen LogP contribution is -2.09. The second-order valence-electron chi connectivity index (χ2n) is 33.0. The largest absolute Gasteiger partial charge is 0.311 e. The molecule has 3 heterocycles. The normalized spacial score (nSPS) is 11.2. The van der Waals surface area contributed by atoms with E-state index in [1.807, 2.05) is 34.0 Å². The lowest BCUT2D eigenvalue weighted by Gasteiger charge is -2.26. The van der Waals surface area contributed by atoms with Crippen LogP contribution in [0.3, 0.4) is 0 Å². The zero-order valence-corrected chi connectivity index (χ0v) is 74.7. The molecule has 0 bridgehead atoms. The van der Waals surface area contributed by atoms with Crippen molar-refractivity contribution in [1.29, 1.82) is 0 Å². The molecule has 0 saturated carbocycles. The van der Waals surface area contributed by atoms with E-state index in [0.717, 1.165) is 51.2 Å². The number of rotatable bonds is 18. The van der Waals surface area contributed by atoms with E-state index in [-0.39, 0.29) is 0 Å². The molecule has 24 aromatic rings. The molecule has 0 radical (unpaired) electrons. The fourth-order valence-electron chi connectivity index (χ4n) is 18.3. The van der Waals surface area contributed by atoms with Crippen LogP contribution in [0.25, 0.3) is 161 Å². The Labute approximate surface area is 782 Å². The maximum atomic E-state index is 2.37. The molecule has 0 N–H and O–H groups in total. The van der Waals surface area contributed by atoms with Crippen molar-refractivity contribution in [3.8, 4) is 100 Å². The van der Waals surface area contributed by atoms with Crippen molar-refractivity contribution in [1.82, 2.24) is 0 Å². The number of benzene rings is 21. The highest BCUT2D eigenvalue weighted by Crippen LogP contribution is 2.49. The highest BCUT2D eigenvalue weighted by atomic mass is 32.1. The molecular formula is C126H87N3S3. The minimum absolute atomic E-state index is 1.11. The van der Waals surface area contributed by atoms with Crippen molar-refractivity contribution in [3.05, 3.63) is 528 Å². The topological polar surface area (TPSA) is 9.72 Å². The zero-order valence-electron chi connectivity index (χ0n) is 72.3. The number of hydrogen-bond acceptors (Lipinski definition) is 6. The van der Waals surface area contributed by atoms with E-state index in [1.165, 1.54) is 161 Å². The van der Waals surface area contributed by atoms with Gasteiger partial charge in [-0.05, 0) is 247 Å². The first kappa shape index (κ1) is 81.4.